The molecule has 1 unspecified atom stereocenters. The van der Waals surface area contributed by atoms with Gasteiger partial charge in [-0.2, -0.15) is 11.8 Å². The molecule has 0 aromatic carbocycles. The lowest BCUT2D eigenvalue weighted by Crippen LogP contribution is -2.52. The zero-order chi connectivity index (χ0) is 15.1. The summed E-state index contributed by atoms with van der Waals surface area (Å²) >= 11 is 1.76. The average molecular weight is 289 g/mol. The van der Waals surface area contributed by atoms with E-state index in [1.807, 2.05) is 27.0 Å². The minimum atomic E-state index is -0.892. The van der Waals surface area contributed by atoms with Crippen molar-refractivity contribution in [2.24, 2.45) is 16.3 Å². The Bertz CT molecular complexity index is 317. The molecule has 0 radical (unpaired) electrons. The Hall–Kier alpha value is -0.910. The van der Waals surface area contributed by atoms with Crippen LogP contribution in [0.1, 0.15) is 40.0 Å². The van der Waals surface area contributed by atoms with Gasteiger partial charge in [0.2, 0.25) is 5.91 Å². The highest BCUT2D eigenvalue weighted by Crippen LogP contribution is 2.30. The van der Waals surface area contributed by atoms with Crippen LogP contribution in [0.2, 0.25) is 0 Å². The molecule has 0 aliphatic heterocycles. The number of hydrogen-bond acceptors (Lipinski definition) is 4. The summed E-state index contributed by atoms with van der Waals surface area (Å²) in [5.74, 6) is 0.945. The van der Waals surface area contributed by atoms with Crippen molar-refractivity contribution in [2.45, 2.75) is 46.1 Å². The maximum Gasteiger partial charge on any atom is 0.236 e. The van der Waals surface area contributed by atoms with Gasteiger partial charge in [0.15, 0.2) is 5.84 Å². The van der Waals surface area contributed by atoms with Crippen LogP contribution in [0.25, 0.3) is 0 Å². The molecule has 0 aromatic rings. The summed E-state index contributed by atoms with van der Waals surface area (Å²) in [4.78, 5) is 14.4. The molecule has 6 heteroatoms. The number of rotatable bonds is 8. The largest absolute Gasteiger partial charge is 0.409 e. The van der Waals surface area contributed by atoms with E-state index in [0.29, 0.717) is 12.8 Å². The molecule has 0 aromatic heterocycles. The summed E-state index contributed by atoms with van der Waals surface area (Å²) in [6.45, 7) is 5.80. The molecule has 0 saturated carbocycles. The maximum absolute atomic E-state index is 12.7. The Labute approximate surface area is 120 Å². The number of hydrogen-bond donors (Lipinski definition) is 2. The van der Waals surface area contributed by atoms with Crippen LogP contribution in [-0.4, -0.2) is 46.9 Å². The molecule has 0 bridgehead atoms. The van der Waals surface area contributed by atoms with E-state index in [0.717, 1.165) is 12.2 Å². The van der Waals surface area contributed by atoms with Gasteiger partial charge in [-0.25, -0.2) is 0 Å². The molecule has 1 atom stereocenters. The Morgan fingerprint density at radius 3 is 2.37 bits per heavy atom. The van der Waals surface area contributed by atoms with Gasteiger partial charge in [0, 0.05) is 13.1 Å². The molecule has 0 fully saturated rings. The van der Waals surface area contributed by atoms with Crippen LogP contribution in [0, 0.1) is 5.41 Å². The van der Waals surface area contributed by atoms with Crippen LogP contribution in [0.3, 0.4) is 0 Å². The Balaban J connectivity index is 5.11. The summed E-state index contributed by atoms with van der Waals surface area (Å²) in [5.41, 5.74) is 4.87. The summed E-state index contributed by atoms with van der Waals surface area (Å²) in [7, 11) is 1.79. The number of oxime groups is 1. The lowest BCUT2D eigenvalue weighted by atomic mass is 9.79. The topological polar surface area (TPSA) is 78.9 Å². The third kappa shape index (κ3) is 4.03. The molecule has 5 nitrogen and oxygen atoms in total. The second-order valence-electron chi connectivity index (χ2n) is 4.82. The molecule has 0 saturated heterocycles. The van der Waals surface area contributed by atoms with Crippen LogP contribution in [0.4, 0.5) is 0 Å². The van der Waals surface area contributed by atoms with Gasteiger partial charge in [-0.15, -0.1) is 0 Å². The van der Waals surface area contributed by atoms with Crippen LogP contribution in [0.15, 0.2) is 5.16 Å². The number of amidine groups is 1. The number of carbonyl (C=O) groups excluding carboxylic acids is 1. The van der Waals surface area contributed by atoms with E-state index in [-0.39, 0.29) is 17.8 Å². The van der Waals surface area contributed by atoms with Crippen molar-refractivity contribution < 1.29 is 10.0 Å². The van der Waals surface area contributed by atoms with Crippen LogP contribution >= 0.6 is 11.8 Å². The highest BCUT2D eigenvalue weighted by atomic mass is 32.2. The molecule has 0 heterocycles. The highest BCUT2D eigenvalue weighted by Gasteiger charge is 2.42. The van der Waals surface area contributed by atoms with E-state index in [9.17, 15) is 4.79 Å². The second kappa shape index (κ2) is 8.30. The molecule has 1 amide bonds. The summed E-state index contributed by atoms with van der Waals surface area (Å²) in [6.07, 6.45) is 4.03. The fourth-order valence-electron chi connectivity index (χ4n) is 2.14. The predicted octanol–water partition coefficient (Wildman–Crippen LogP) is 2.14. The minimum Gasteiger partial charge on any atom is -0.409 e. The van der Waals surface area contributed by atoms with E-state index in [4.69, 9.17) is 10.9 Å². The second-order valence-corrected chi connectivity index (χ2v) is 5.81. The first kappa shape index (κ1) is 18.1. The third-order valence-corrected chi connectivity index (χ3v) is 4.58. The molecule has 19 heavy (non-hydrogen) atoms. The van der Waals surface area contributed by atoms with Crippen molar-refractivity contribution in [3.8, 4) is 0 Å². The monoisotopic (exact) mass is 289 g/mol. The van der Waals surface area contributed by atoms with Crippen molar-refractivity contribution in [1.82, 2.24) is 4.90 Å². The molecule has 0 aliphatic carbocycles. The Morgan fingerprint density at radius 2 is 2.00 bits per heavy atom. The van der Waals surface area contributed by atoms with Gasteiger partial charge in [0.1, 0.15) is 5.41 Å². The quantitative estimate of drug-likeness (QED) is 0.310. The predicted molar refractivity (Wildman–Crippen MR) is 81.7 cm³/mol. The van der Waals surface area contributed by atoms with Crippen LogP contribution in [-0.2, 0) is 4.79 Å². The first-order chi connectivity index (χ1) is 8.91. The first-order valence-corrected chi connectivity index (χ1v) is 8.04. The number of nitrogens with two attached hydrogens (primary N) is 1. The molecule has 112 valence electrons. The number of carbonyl (C=O) groups is 1. The van der Waals surface area contributed by atoms with Crippen LogP contribution < -0.4 is 5.73 Å². The van der Waals surface area contributed by atoms with Crippen molar-refractivity contribution in [3.05, 3.63) is 0 Å². The summed E-state index contributed by atoms with van der Waals surface area (Å²) in [5, 5.41) is 12.0. The van der Waals surface area contributed by atoms with Crippen molar-refractivity contribution >= 4 is 23.5 Å². The number of nitrogens with zero attached hydrogens (tertiary/aromatic N) is 2. The lowest BCUT2D eigenvalue weighted by molar-refractivity contribution is -0.139. The zero-order valence-corrected chi connectivity index (χ0v) is 13.5. The number of amides is 1. The van der Waals surface area contributed by atoms with E-state index in [1.165, 1.54) is 0 Å². The minimum absolute atomic E-state index is 0.00594. The maximum atomic E-state index is 12.7. The van der Waals surface area contributed by atoms with Gasteiger partial charge in [-0.05, 0) is 38.2 Å². The first-order valence-electron chi connectivity index (χ1n) is 6.65. The molecular formula is C13H27N3O2S. The van der Waals surface area contributed by atoms with E-state index < -0.39 is 5.41 Å². The van der Waals surface area contributed by atoms with Gasteiger partial charge < -0.3 is 15.8 Å². The smallest absolute Gasteiger partial charge is 0.236 e. The molecule has 0 spiro atoms. The van der Waals surface area contributed by atoms with Crippen molar-refractivity contribution in [2.75, 3.05) is 19.1 Å². The van der Waals surface area contributed by atoms with Crippen molar-refractivity contribution in [1.29, 1.82) is 0 Å². The van der Waals surface area contributed by atoms with Crippen molar-refractivity contribution in [3.63, 3.8) is 0 Å². The summed E-state index contributed by atoms with van der Waals surface area (Å²) in [6, 6.07) is 0.143. The fraction of sp³-hybridized carbons (Fsp3) is 0.846. The van der Waals surface area contributed by atoms with Gasteiger partial charge in [0.05, 0.1) is 0 Å². The average Bonchev–Trinajstić information content (AvgIpc) is 2.44. The Kier molecular flexibility index (Phi) is 7.90. The van der Waals surface area contributed by atoms with Crippen LogP contribution in [0.5, 0.6) is 0 Å². The Morgan fingerprint density at radius 1 is 1.47 bits per heavy atom. The van der Waals surface area contributed by atoms with Gasteiger partial charge in [0.25, 0.3) is 0 Å². The van der Waals surface area contributed by atoms with E-state index in [2.05, 4.69) is 5.16 Å². The lowest BCUT2D eigenvalue weighted by Gasteiger charge is -2.36. The fourth-order valence-corrected chi connectivity index (χ4v) is 2.72. The van der Waals surface area contributed by atoms with Gasteiger partial charge >= 0.3 is 0 Å². The molecule has 3 N–H and O–H groups in total. The third-order valence-electron chi connectivity index (χ3n) is 3.94. The summed E-state index contributed by atoms with van der Waals surface area (Å²) < 4.78 is 0. The molecular weight excluding hydrogens is 262 g/mol. The number of thioether (sulfide) groups is 1. The normalized spacial score (nSPS) is 14.3. The van der Waals surface area contributed by atoms with Gasteiger partial charge in [-0.1, -0.05) is 19.0 Å². The van der Waals surface area contributed by atoms with Gasteiger partial charge in [-0.3, -0.25) is 4.79 Å². The van der Waals surface area contributed by atoms with E-state index in [1.54, 1.807) is 23.7 Å². The SMILES string of the molecule is CCC(CC)(C(=O)N(C)C(C)CCSC)C(N)=NO. The molecule has 0 aliphatic rings. The standard InChI is InChI=1S/C13H27N3O2S/c1-6-13(7-2,11(14)15-18)12(17)16(4)10(3)8-9-19-5/h10,18H,6-9H2,1-5H3,(H2,14,15). The van der Waals surface area contributed by atoms with E-state index >= 15 is 0 Å². The highest BCUT2D eigenvalue weighted by molar-refractivity contribution is 7.98. The zero-order valence-electron chi connectivity index (χ0n) is 12.6. The molecule has 0 rings (SSSR count).